The minimum Gasteiger partial charge on any atom is -0.207 e. The summed E-state index contributed by atoms with van der Waals surface area (Å²) in [6, 6.07) is 10.9. The molecular formula is C17H20N2O4S3. The Morgan fingerprint density at radius 3 is 2.50 bits per heavy atom. The number of nitrogens with one attached hydrogen (secondary N) is 1. The van der Waals surface area contributed by atoms with Crippen molar-refractivity contribution in [1.29, 1.82) is 0 Å². The number of hydrogen-bond donors (Lipinski definition) is 1. The highest BCUT2D eigenvalue weighted by atomic mass is 32.2. The fourth-order valence-corrected chi connectivity index (χ4v) is 6.39. The minimum atomic E-state index is -3.61. The largest absolute Gasteiger partial charge is 0.252 e. The molecule has 6 nitrogen and oxygen atoms in total. The molecule has 1 aromatic heterocycles. The van der Waals surface area contributed by atoms with Crippen molar-refractivity contribution in [2.45, 2.75) is 23.6 Å². The molecule has 0 saturated carbocycles. The van der Waals surface area contributed by atoms with E-state index >= 15 is 0 Å². The third-order valence-corrected chi connectivity index (χ3v) is 9.07. The highest BCUT2D eigenvalue weighted by Gasteiger charge is 2.23. The standard InChI is InChI=1S/C17H20N2O4S3/c1-19(2)26(22,23)17-10-8-15(24-17)12-18-25(20,21)16-9-7-13-5-3-4-6-14(13)11-16/h3-6,8,10-11,18H,7,9,12H2,1-2H3. The Kier molecular flexibility index (Phi) is 5.36. The van der Waals surface area contributed by atoms with Crippen LogP contribution >= 0.6 is 11.3 Å². The highest BCUT2D eigenvalue weighted by Crippen LogP contribution is 2.27. The molecule has 0 aliphatic heterocycles. The average molecular weight is 413 g/mol. The quantitative estimate of drug-likeness (QED) is 0.790. The predicted molar refractivity (Wildman–Crippen MR) is 104 cm³/mol. The Labute approximate surface area is 158 Å². The fourth-order valence-electron chi connectivity index (χ4n) is 2.65. The van der Waals surface area contributed by atoms with Crippen LogP contribution in [-0.2, 0) is 33.0 Å². The first-order valence-electron chi connectivity index (χ1n) is 7.99. The summed E-state index contributed by atoms with van der Waals surface area (Å²) in [5.74, 6) is 0. The second kappa shape index (κ2) is 7.24. The van der Waals surface area contributed by atoms with E-state index in [1.165, 1.54) is 20.2 Å². The van der Waals surface area contributed by atoms with E-state index in [1.807, 2.05) is 24.3 Å². The number of hydrogen-bond acceptors (Lipinski definition) is 5. The van der Waals surface area contributed by atoms with E-state index < -0.39 is 20.0 Å². The predicted octanol–water partition coefficient (Wildman–Crippen LogP) is 2.41. The van der Waals surface area contributed by atoms with Gasteiger partial charge in [0, 0.05) is 25.5 Å². The molecule has 0 amide bonds. The molecule has 1 N–H and O–H groups in total. The van der Waals surface area contributed by atoms with Gasteiger partial charge in [-0.05, 0) is 42.2 Å². The summed E-state index contributed by atoms with van der Waals surface area (Å²) >= 11 is 1.07. The first kappa shape index (κ1) is 19.2. The maximum atomic E-state index is 12.6. The van der Waals surface area contributed by atoms with Crippen molar-refractivity contribution in [3.63, 3.8) is 0 Å². The normalized spacial score (nSPS) is 15.0. The topological polar surface area (TPSA) is 83.6 Å². The van der Waals surface area contributed by atoms with Gasteiger partial charge < -0.3 is 0 Å². The molecule has 0 fully saturated rings. The number of rotatable bonds is 6. The maximum absolute atomic E-state index is 12.6. The molecule has 1 aromatic carbocycles. The monoisotopic (exact) mass is 412 g/mol. The van der Waals surface area contributed by atoms with Gasteiger partial charge in [-0.25, -0.2) is 25.9 Å². The first-order chi connectivity index (χ1) is 12.2. The minimum absolute atomic E-state index is 0.0644. The molecule has 2 aromatic rings. The number of allylic oxidation sites excluding steroid dienone is 1. The van der Waals surface area contributed by atoms with Crippen LogP contribution in [0.15, 0.2) is 45.5 Å². The Bertz CT molecular complexity index is 1050. The van der Waals surface area contributed by atoms with E-state index in [0.29, 0.717) is 22.6 Å². The van der Waals surface area contributed by atoms with Crippen LogP contribution in [0.2, 0.25) is 0 Å². The summed E-state index contributed by atoms with van der Waals surface area (Å²) < 4.78 is 53.3. The molecule has 0 radical (unpaired) electrons. The molecule has 3 rings (SSSR count). The van der Waals surface area contributed by atoms with Crippen molar-refractivity contribution in [3.05, 3.63) is 57.3 Å². The molecule has 1 aliphatic rings. The molecule has 140 valence electrons. The van der Waals surface area contributed by atoms with Crippen LogP contribution in [-0.4, -0.2) is 35.2 Å². The molecule has 0 unspecified atom stereocenters. The Morgan fingerprint density at radius 2 is 1.77 bits per heavy atom. The molecule has 9 heteroatoms. The van der Waals surface area contributed by atoms with Crippen LogP contribution in [0.1, 0.15) is 22.4 Å². The molecule has 1 heterocycles. The first-order valence-corrected chi connectivity index (χ1v) is 11.7. The molecule has 0 spiro atoms. The Balaban J connectivity index is 1.74. The van der Waals surface area contributed by atoms with E-state index in [0.717, 1.165) is 26.8 Å². The lowest BCUT2D eigenvalue weighted by Gasteiger charge is -2.16. The zero-order valence-electron chi connectivity index (χ0n) is 14.5. The SMILES string of the molecule is CN(C)S(=O)(=O)c1ccc(CNS(=O)(=O)C2=Cc3ccccc3CC2)s1. The van der Waals surface area contributed by atoms with E-state index in [2.05, 4.69) is 4.72 Å². The van der Waals surface area contributed by atoms with Crippen molar-refractivity contribution >= 4 is 37.5 Å². The van der Waals surface area contributed by atoms with E-state index in [4.69, 9.17) is 0 Å². The van der Waals surface area contributed by atoms with Crippen molar-refractivity contribution in [2.75, 3.05) is 14.1 Å². The summed E-state index contributed by atoms with van der Waals surface area (Å²) in [7, 11) is -4.18. The number of fused-ring (bicyclic) bond motifs is 1. The van der Waals surface area contributed by atoms with Crippen LogP contribution in [0.3, 0.4) is 0 Å². The summed E-state index contributed by atoms with van der Waals surface area (Å²) in [4.78, 5) is 1.000. The van der Waals surface area contributed by atoms with E-state index in [9.17, 15) is 16.8 Å². The number of nitrogens with zero attached hydrogens (tertiary/aromatic N) is 1. The molecule has 0 bridgehead atoms. The maximum Gasteiger partial charge on any atom is 0.252 e. The molecule has 26 heavy (non-hydrogen) atoms. The van der Waals surface area contributed by atoms with Gasteiger partial charge in [-0.1, -0.05) is 24.3 Å². The highest BCUT2D eigenvalue weighted by molar-refractivity contribution is 7.93. The molecule has 0 atom stereocenters. The van der Waals surface area contributed by atoms with Gasteiger partial charge in [0.05, 0.1) is 4.91 Å². The number of aryl methyl sites for hydroxylation is 1. The second-order valence-electron chi connectivity index (χ2n) is 6.14. The van der Waals surface area contributed by atoms with Gasteiger partial charge in [-0.15, -0.1) is 11.3 Å². The van der Waals surface area contributed by atoms with Gasteiger partial charge >= 0.3 is 0 Å². The summed E-state index contributed by atoms with van der Waals surface area (Å²) in [5.41, 5.74) is 2.07. The Morgan fingerprint density at radius 1 is 1.04 bits per heavy atom. The van der Waals surface area contributed by atoms with Gasteiger partial charge in [0.2, 0.25) is 10.0 Å². The molecular weight excluding hydrogens is 392 g/mol. The van der Waals surface area contributed by atoms with Crippen LogP contribution in [0.4, 0.5) is 0 Å². The Hall–Kier alpha value is -1.52. The van der Waals surface area contributed by atoms with Crippen molar-refractivity contribution in [1.82, 2.24) is 9.03 Å². The average Bonchev–Trinajstić information content (AvgIpc) is 3.09. The van der Waals surface area contributed by atoms with Gasteiger partial charge in [0.15, 0.2) is 0 Å². The summed E-state index contributed by atoms with van der Waals surface area (Å²) in [6.45, 7) is 0.0644. The third-order valence-electron chi connectivity index (χ3n) is 4.17. The third kappa shape index (κ3) is 3.91. The smallest absolute Gasteiger partial charge is 0.207 e. The van der Waals surface area contributed by atoms with Gasteiger partial charge in [-0.3, -0.25) is 0 Å². The van der Waals surface area contributed by atoms with Crippen molar-refractivity contribution in [3.8, 4) is 0 Å². The van der Waals surface area contributed by atoms with Crippen LogP contribution in [0.5, 0.6) is 0 Å². The number of benzene rings is 1. The van der Waals surface area contributed by atoms with Crippen molar-refractivity contribution in [2.24, 2.45) is 0 Å². The fraction of sp³-hybridized carbons (Fsp3) is 0.294. The van der Waals surface area contributed by atoms with Gasteiger partial charge in [-0.2, -0.15) is 0 Å². The van der Waals surface area contributed by atoms with Crippen LogP contribution < -0.4 is 4.72 Å². The lowest BCUT2D eigenvalue weighted by atomic mass is 9.98. The van der Waals surface area contributed by atoms with E-state index in [-0.39, 0.29) is 10.8 Å². The lowest BCUT2D eigenvalue weighted by molar-refractivity contribution is 0.523. The van der Waals surface area contributed by atoms with Crippen LogP contribution in [0.25, 0.3) is 6.08 Å². The zero-order chi connectivity index (χ0) is 18.9. The summed E-state index contributed by atoms with van der Waals surface area (Å²) in [5, 5.41) is 0. The zero-order valence-corrected chi connectivity index (χ0v) is 16.9. The van der Waals surface area contributed by atoms with Crippen LogP contribution in [0, 0.1) is 0 Å². The van der Waals surface area contributed by atoms with Gasteiger partial charge in [0.1, 0.15) is 4.21 Å². The number of sulfonamides is 2. The van der Waals surface area contributed by atoms with Crippen molar-refractivity contribution < 1.29 is 16.8 Å². The lowest BCUT2D eigenvalue weighted by Crippen LogP contribution is -2.25. The van der Waals surface area contributed by atoms with E-state index in [1.54, 1.807) is 12.1 Å². The summed E-state index contributed by atoms with van der Waals surface area (Å²) in [6.07, 6.45) is 2.85. The molecule has 0 saturated heterocycles. The second-order valence-corrected chi connectivity index (χ2v) is 11.5. The van der Waals surface area contributed by atoms with Gasteiger partial charge in [0.25, 0.3) is 10.0 Å². The number of thiophene rings is 1. The molecule has 1 aliphatic carbocycles.